The van der Waals surface area contributed by atoms with Crippen molar-refractivity contribution in [3.63, 3.8) is 0 Å². The molecule has 328 valence electrons. The molecule has 0 aliphatic carbocycles. The van der Waals surface area contributed by atoms with Crippen molar-refractivity contribution in [1.29, 1.82) is 0 Å². The van der Waals surface area contributed by atoms with Crippen molar-refractivity contribution in [2.24, 2.45) is 0 Å². The van der Waals surface area contributed by atoms with Crippen LogP contribution in [0.3, 0.4) is 0 Å². The highest BCUT2D eigenvalue weighted by Crippen LogP contribution is 2.42. The van der Waals surface area contributed by atoms with Crippen molar-refractivity contribution < 1.29 is 4.42 Å². The molecule has 0 atom stereocenters. The van der Waals surface area contributed by atoms with Crippen LogP contribution in [0.5, 0.6) is 0 Å². The zero-order chi connectivity index (χ0) is 46.2. The van der Waals surface area contributed by atoms with E-state index in [0.29, 0.717) is 17.6 Å². The Morgan fingerprint density at radius 3 is 1.76 bits per heavy atom. The largest absolute Gasteiger partial charge is 0.456 e. The van der Waals surface area contributed by atoms with Crippen molar-refractivity contribution >= 4 is 104 Å². The average Bonchev–Trinajstić information content (AvgIpc) is 4.12. The van der Waals surface area contributed by atoms with Gasteiger partial charge in [0.1, 0.15) is 11.2 Å². The van der Waals surface area contributed by atoms with Gasteiger partial charge in [-0.25, -0.2) is 4.98 Å². The minimum atomic E-state index is -2.78. The molecule has 0 amide bonds. The van der Waals surface area contributed by atoms with E-state index < -0.39 is 8.07 Å². The maximum Gasteiger partial charge on any atom is 0.238 e. The van der Waals surface area contributed by atoms with Crippen molar-refractivity contribution in [2.45, 2.75) is 0 Å². The highest BCUT2D eigenvalue weighted by Gasteiger charge is 2.41. The van der Waals surface area contributed by atoms with Gasteiger partial charge in [-0.3, -0.25) is 9.55 Å². The number of furan rings is 1. The summed E-state index contributed by atoms with van der Waals surface area (Å²) in [6, 6.07) is 80.7. The molecule has 9 aromatic carbocycles. The molecule has 14 rings (SSSR count). The Morgan fingerprint density at radius 2 is 1.00 bits per heavy atom. The van der Waals surface area contributed by atoms with Gasteiger partial charge in [-0.2, -0.15) is 9.97 Å². The van der Waals surface area contributed by atoms with Crippen molar-refractivity contribution in [3.05, 3.63) is 237 Å². The number of hydrogen-bond donors (Lipinski definition) is 0. The number of nitrogens with zero attached hydrogens (tertiary/aromatic N) is 5. The van der Waals surface area contributed by atoms with Gasteiger partial charge in [0.15, 0.2) is 19.7 Å². The number of fused-ring (bicyclic) bond motifs is 9. The van der Waals surface area contributed by atoms with E-state index in [-0.39, 0.29) is 0 Å². The second kappa shape index (κ2) is 16.2. The highest BCUT2D eigenvalue weighted by molar-refractivity contribution is 7.26. The smallest absolute Gasteiger partial charge is 0.238 e. The summed E-state index contributed by atoms with van der Waals surface area (Å²) in [6.07, 6.45) is 3.62. The van der Waals surface area contributed by atoms with Crippen LogP contribution in [0.15, 0.2) is 241 Å². The van der Waals surface area contributed by atoms with Gasteiger partial charge in [0.05, 0.1) is 11.0 Å². The molecule has 0 unspecified atom stereocenters. The average molecular weight is 930 g/mol. The first kappa shape index (κ1) is 40.3. The second-order valence-corrected chi connectivity index (χ2v) is 22.6. The lowest BCUT2D eigenvalue weighted by Gasteiger charge is -2.34. The third-order valence-electron chi connectivity index (χ3n) is 13.9. The number of thiophene rings is 1. The summed E-state index contributed by atoms with van der Waals surface area (Å²) in [4.78, 5) is 20.7. The number of benzene rings is 9. The van der Waals surface area contributed by atoms with Crippen LogP contribution in [0.4, 0.5) is 0 Å². The molecule has 5 heterocycles. The summed E-state index contributed by atoms with van der Waals surface area (Å²) in [7, 11) is -2.78. The fraction of sp³-hybridized carbons (Fsp3) is 0. The third-order valence-corrected chi connectivity index (χ3v) is 19.9. The van der Waals surface area contributed by atoms with Gasteiger partial charge in [-0.1, -0.05) is 182 Å². The van der Waals surface area contributed by atoms with E-state index in [9.17, 15) is 0 Å². The van der Waals surface area contributed by atoms with Gasteiger partial charge >= 0.3 is 0 Å². The number of rotatable bonds is 8. The van der Waals surface area contributed by atoms with Gasteiger partial charge < -0.3 is 4.42 Å². The molecule has 0 saturated heterocycles. The van der Waals surface area contributed by atoms with E-state index in [2.05, 4.69) is 216 Å². The third kappa shape index (κ3) is 6.24. The second-order valence-electron chi connectivity index (χ2n) is 17.7. The molecular weight excluding hydrogens is 891 g/mol. The van der Waals surface area contributed by atoms with Gasteiger partial charge in [0, 0.05) is 65.2 Å². The Balaban J connectivity index is 0.994. The highest BCUT2D eigenvalue weighted by atomic mass is 32.1. The zero-order valence-corrected chi connectivity index (χ0v) is 39.4. The predicted octanol–water partition coefficient (Wildman–Crippen LogP) is 13.0. The van der Waals surface area contributed by atoms with Crippen LogP contribution >= 0.6 is 11.3 Å². The maximum atomic E-state index is 6.38. The van der Waals surface area contributed by atoms with Gasteiger partial charge in [-0.15, -0.1) is 11.3 Å². The molecular formula is C62H39N5OSSi. The molecule has 70 heavy (non-hydrogen) atoms. The van der Waals surface area contributed by atoms with Crippen molar-refractivity contribution in [1.82, 2.24) is 24.5 Å². The number of aromatic nitrogens is 5. The van der Waals surface area contributed by atoms with E-state index in [4.69, 9.17) is 19.4 Å². The molecule has 0 aliphatic heterocycles. The SMILES string of the molecule is c1ccc([Si](c2ccccc2)(c2ccccc2)c2ccc(-c3nc(-c4cccc5oc6ccncc6c45)nc(-n4c5ccccc5c5cc(-c6cccc7sc8ccccc8c67)ccc54)n3)cc2)cc1. The van der Waals surface area contributed by atoms with Gasteiger partial charge in [-0.05, 0) is 74.3 Å². The Morgan fingerprint density at radius 1 is 0.400 bits per heavy atom. The van der Waals surface area contributed by atoms with Crippen LogP contribution in [-0.2, 0) is 0 Å². The first-order valence-corrected chi connectivity index (χ1v) is 26.3. The van der Waals surface area contributed by atoms with Crippen LogP contribution in [0, 0.1) is 0 Å². The molecule has 6 nitrogen and oxygen atoms in total. The summed E-state index contributed by atoms with van der Waals surface area (Å²) in [5.41, 5.74) is 7.62. The van der Waals surface area contributed by atoms with Crippen molar-refractivity contribution in [3.8, 4) is 39.9 Å². The summed E-state index contributed by atoms with van der Waals surface area (Å²) >= 11 is 1.84. The summed E-state index contributed by atoms with van der Waals surface area (Å²) in [6.45, 7) is 0. The van der Waals surface area contributed by atoms with E-state index in [1.807, 2.05) is 35.7 Å². The van der Waals surface area contributed by atoms with E-state index in [1.54, 1.807) is 6.20 Å². The molecule has 5 aromatic heterocycles. The van der Waals surface area contributed by atoms with Crippen molar-refractivity contribution in [2.75, 3.05) is 0 Å². The first-order valence-electron chi connectivity index (χ1n) is 23.4. The Hall–Kier alpha value is -8.82. The Kier molecular flexibility index (Phi) is 9.30. The topological polar surface area (TPSA) is 69.6 Å². The standard InChI is InChI=1S/C62H39N5OSSi/c1-4-16-42(17-5-1)70(43-18-6-2-7-19-43,44-20-8-3-9-21-44)45-33-30-40(31-34-45)60-64-61(49-25-14-27-55-58(49)51-39-63-37-36-54(51)68-55)66-62(65-60)67-52-26-12-10-22-47(52)50-38-41(32-35-53(50)67)46-24-15-29-57-59(46)48-23-11-13-28-56(48)69-57/h1-39H. The minimum absolute atomic E-state index is 0.526. The van der Waals surface area contributed by atoms with E-state index in [0.717, 1.165) is 60.4 Å². The Bertz CT molecular complexity index is 4200. The monoisotopic (exact) mass is 929 g/mol. The van der Waals surface area contributed by atoms with Crippen LogP contribution < -0.4 is 20.7 Å². The van der Waals surface area contributed by atoms with E-state index in [1.165, 1.54) is 46.5 Å². The molecule has 0 radical (unpaired) electrons. The van der Waals surface area contributed by atoms with Crippen LogP contribution in [0.1, 0.15) is 0 Å². The lowest BCUT2D eigenvalue weighted by Crippen LogP contribution is -2.74. The molecule has 0 saturated carbocycles. The number of pyridine rings is 1. The van der Waals surface area contributed by atoms with Crippen LogP contribution in [0.25, 0.3) is 104 Å². The number of para-hydroxylation sites is 1. The van der Waals surface area contributed by atoms with E-state index >= 15 is 0 Å². The summed E-state index contributed by atoms with van der Waals surface area (Å²) in [5, 5.41) is 11.8. The predicted molar refractivity (Wildman–Crippen MR) is 292 cm³/mol. The first-order chi connectivity index (χ1) is 34.7. The molecule has 0 fully saturated rings. The molecule has 0 bridgehead atoms. The lowest BCUT2D eigenvalue weighted by atomic mass is 9.98. The molecule has 0 N–H and O–H groups in total. The Labute approximate surface area is 407 Å². The summed E-state index contributed by atoms with van der Waals surface area (Å²) in [5.74, 6) is 1.64. The van der Waals surface area contributed by atoms with Gasteiger partial charge in [0.25, 0.3) is 0 Å². The van der Waals surface area contributed by atoms with Crippen LogP contribution in [-0.4, -0.2) is 32.6 Å². The zero-order valence-electron chi connectivity index (χ0n) is 37.6. The minimum Gasteiger partial charge on any atom is -0.456 e. The molecule has 14 aromatic rings. The lowest BCUT2D eigenvalue weighted by molar-refractivity contribution is 0.668. The van der Waals surface area contributed by atoms with Gasteiger partial charge in [0.2, 0.25) is 5.95 Å². The fourth-order valence-electron chi connectivity index (χ4n) is 10.9. The maximum absolute atomic E-state index is 6.38. The quantitative estimate of drug-likeness (QED) is 0.112. The molecule has 8 heteroatoms. The molecule has 0 spiro atoms. The fourth-order valence-corrected chi connectivity index (χ4v) is 16.8. The van der Waals surface area contributed by atoms with Crippen LogP contribution in [0.2, 0.25) is 0 Å². The normalized spacial score (nSPS) is 12.0. The summed E-state index contributed by atoms with van der Waals surface area (Å²) < 4.78 is 11.2. The number of hydrogen-bond acceptors (Lipinski definition) is 6. The molecule has 0 aliphatic rings.